The SMILES string of the molecule is CN=C(NCCCN1CCc2ccccc2C1)N1CCC(Oc2ccccc2)CC1. The van der Waals surface area contributed by atoms with Crippen LogP contribution in [0.3, 0.4) is 0 Å². The lowest BCUT2D eigenvalue weighted by Gasteiger charge is -2.34. The van der Waals surface area contributed by atoms with Crippen molar-refractivity contribution in [3.05, 3.63) is 65.7 Å². The van der Waals surface area contributed by atoms with Gasteiger partial charge in [0.1, 0.15) is 11.9 Å². The van der Waals surface area contributed by atoms with E-state index in [-0.39, 0.29) is 0 Å². The van der Waals surface area contributed by atoms with Crippen LogP contribution in [0.2, 0.25) is 0 Å². The molecule has 0 saturated carbocycles. The molecule has 2 aliphatic rings. The van der Waals surface area contributed by atoms with Gasteiger partial charge in [-0.15, -0.1) is 0 Å². The zero-order valence-electron chi connectivity index (χ0n) is 18.1. The van der Waals surface area contributed by atoms with E-state index in [1.165, 1.54) is 24.1 Å². The van der Waals surface area contributed by atoms with Crippen LogP contribution in [0.25, 0.3) is 0 Å². The summed E-state index contributed by atoms with van der Waals surface area (Å²) in [5.74, 6) is 2.00. The third-order valence-corrected chi connectivity index (χ3v) is 6.14. The van der Waals surface area contributed by atoms with E-state index in [1.54, 1.807) is 0 Å². The normalized spacial score (nSPS) is 18.2. The Balaban J connectivity index is 1.15. The third kappa shape index (κ3) is 5.54. The van der Waals surface area contributed by atoms with Crippen LogP contribution in [0.4, 0.5) is 0 Å². The van der Waals surface area contributed by atoms with E-state index in [0.717, 1.165) is 63.7 Å². The van der Waals surface area contributed by atoms with Crippen LogP contribution in [0.15, 0.2) is 59.6 Å². The number of hydrogen-bond donors (Lipinski definition) is 1. The van der Waals surface area contributed by atoms with Crippen LogP contribution in [0.5, 0.6) is 5.75 Å². The second-order valence-corrected chi connectivity index (χ2v) is 8.24. The number of likely N-dealkylation sites (tertiary alicyclic amines) is 1. The molecule has 5 heteroatoms. The summed E-state index contributed by atoms with van der Waals surface area (Å²) in [6.45, 7) is 6.32. The van der Waals surface area contributed by atoms with Gasteiger partial charge in [0.25, 0.3) is 0 Å². The first-order valence-electron chi connectivity index (χ1n) is 11.3. The summed E-state index contributed by atoms with van der Waals surface area (Å²) < 4.78 is 6.12. The van der Waals surface area contributed by atoms with E-state index >= 15 is 0 Å². The molecule has 2 heterocycles. The molecule has 30 heavy (non-hydrogen) atoms. The van der Waals surface area contributed by atoms with Crippen LogP contribution in [-0.2, 0) is 13.0 Å². The van der Waals surface area contributed by atoms with Gasteiger partial charge in [-0.2, -0.15) is 0 Å². The monoisotopic (exact) mass is 406 g/mol. The highest BCUT2D eigenvalue weighted by Gasteiger charge is 2.22. The van der Waals surface area contributed by atoms with Gasteiger partial charge in [-0.25, -0.2) is 0 Å². The first-order valence-corrected chi connectivity index (χ1v) is 11.3. The van der Waals surface area contributed by atoms with Crippen LogP contribution < -0.4 is 10.1 Å². The van der Waals surface area contributed by atoms with Gasteiger partial charge in [-0.05, 0) is 36.1 Å². The van der Waals surface area contributed by atoms with E-state index < -0.39 is 0 Å². The quantitative estimate of drug-likeness (QED) is 0.452. The molecule has 2 aromatic carbocycles. The van der Waals surface area contributed by atoms with Crippen LogP contribution in [0, 0.1) is 0 Å². The van der Waals surface area contributed by atoms with Crippen LogP contribution >= 0.6 is 0 Å². The van der Waals surface area contributed by atoms with E-state index in [9.17, 15) is 0 Å². The first-order chi connectivity index (χ1) is 14.8. The number of hydrogen-bond acceptors (Lipinski definition) is 3. The Morgan fingerprint density at radius 3 is 2.50 bits per heavy atom. The maximum Gasteiger partial charge on any atom is 0.193 e. The van der Waals surface area contributed by atoms with Gasteiger partial charge in [0, 0.05) is 59.2 Å². The minimum atomic E-state index is 0.295. The van der Waals surface area contributed by atoms with E-state index in [4.69, 9.17) is 4.74 Å². The van der Waals surface area contributed by atoms with Crippen molar-refractivity contribution in [2.75, 3.05) is 39.8 Å². The molecule has 4 rings (SSSR count). The molecule has 0 aromatic heterocycles. The van der Waals surface area contributed by atoms with Crippen LogP contribution in [0.1, 0.15) is 30.4 Å². The molecule has 1 N–H and O–H groups in total. The molecule has 0 radical (unpaired) electrons. The Morgan fingerprint density at radius 2 is 1.73 bits per heavy atom. The second kappa shape index (κ2) is 10.5. The van der Waals surface area contributed by atoms with Gasteiger partial charge in [0.2, 0.25) is 0 Å². The number of guanidine groups is 1. The standard InChI is InChI=1S/C25H34N4O/c1-26-25(29-18-13-24(14-19-29)30-23-10-3-2-4-11-23)27-15-7-16-28-17-12-21-8-5-6-9-22(21)20-28/h2-6,8-11,24H,7,12-20H2,1H3,(H,26,27). The number of ether oxygens (including phenoxy) is 1. The molecule has 160 valence electrons. The van der Waals surface area contributed by atoms with Crippen molar-refractivity contribution >= 4 is 5.96 Å². The molecule has 0 amide bonds. The van der Waals surface area contributed by atoms with Crippen molar-refractivity contribution in [3.63, 3.8) is 0 Å². The van der Waals surface area contributed by atoms with Crippen molar-refractivity contribution in [1.82, 2.24) is 15.1 Å². The predicted molar refractivity (Wildman–Crippen MR) is 123 cm³/mol. The number of aliphatic imine (C=N–C) groups is 1. The van der Waals surface area contributed by atoms with Crippen molar-refractivity contribution in [1.29, 1.82) is 0 Å². The molecular formula is C25H34N4O. The zero-order chi connectivity index (χ0) is 20.6. The smallest absolute Gasteiger partial charge is 0.193 e. The number of piperidine rings is 1. The van der Waals surface area contributed by atoms with Gasteiger partial charge >= 0.3 is 0 Å². The summed E-state index contributed by atoms with van der Waals surface area (Å²) in [4.78, 5) is 9.44. The zero-order valence-corrected chi connectivity index (χ0v) is 18.1. The number of rotatable bonds is 6. The van der Waals surface area contributed by atoms with Gasteiger partial charge in [-0.1, -0.05) is 42.5 Å². The third-order valence-electron chi connectivity index (χ3n) is 6.14. The molecule has 0 bridgehead atoms. The summed E-state index contributed by atoms with van der Waals surface area (Å²) in [5, 5.41) is 3.57. The van der Waals surface area contributed by atoms with Crippen molar-refractivity contribution in [3.8, 4) is 5.75 Å². The maximum absolute atomic E-state index is 6.12. The topological polar surface area (TPSA) is 40.1 Å². The maximum atomic E-state index is 6.12. The fourth-order valence-corrected chi connectivity index (χ4v) is 4.46. The molecule has 2 aliphatic heterocycles. The lowest BCUT2D eigenvalue weighted by molar-refractivity contribution is 0.129. The summed E-state index contributed by atoms with van der Waals surface area (Å²) in [7, 11) is 1.89. The number of para-hydroxylation sites is 1. The van der Waals surface area contributed by atoms with Gasteiger partial charge in [0.05, 0.1) is 0 Å². The number of benzene rings is 2. The van der Waals surface area contributed by atoms with Crippen molar-refractivity contribution in [2.45, 2.75) is 38.3 Å². The van der Waals surface area contributed by atoms with Gasteiger partial charge in [-0.3, -0.25) is 9.89 Å². The van der Waals surface area contributed by atoms with Crippen molar-refractivity contribution in [2.24, 2.45) is 4.99 Å². The largest absolute Gasteiger partial charge is 0.490 e. The number of nitrogens with zero attached hydrogens (tertiary/aromatic N) is 3. The summed E-state index contributed by atoms with van der Waals surface area (Å²) in [5.41, 5.74) is 3.01. The summed E-state index contributed by atoms with van der Waals surface area (Å²) >= 11 is 0. The van der Waals surface area contributed by atoms with E-state index in [1.807, 2.05) is 37.4 Å². The Hall–Kier alpha value is -2.53. The van der Waals surface area contributed by atoms with E-state index in [2.05, 4.69) is 44.4 Å². The number of nitrogens with one attached hydrogen (secondary N) is 1. The highest BCUT2D eigenvalue weighted by molar-refractivity contribution is 5.79. The fraction of sp³-hybridized carbons (Fsp3) is 0.480. The number of fused-ring (bicyclic) bond motifs is 1. The Labute approximate surface area is 180 Å². The Bertz CT molecular complexity index is 815. The molecule has 0 atom stereocenters. The highest BCUT2D eigenvalue weighted by Crippen LogP contribution is 2.19. The first kappa shape index (κ1) is 20.7. The molecule has 0 unspecified atom stereocenters. The van der Waals surface area contributed by atoms with Crippen LogP contribution in [-0.4, -0.2) is 61.6 Å². The average molecular weight is 407 g/mol. The molecule has 1 fully saturated rings. The molecule has 0 aliphatic carbocycles. The molecule has 0 spiro atoms. The minimum absolute atomic E-state index is 0.295. The Kier molecular flexibility index (Phi) is 7.25. The van der Waals surface area contributed by atoms with Gasteiger partial charge < -0.3 is 15.0 Å². The Morgan fingerprint density at radius 1 is 1.00 bits per heavy atom. The predicted octanol–water partition coefficient (Wildman–Crippen LogP) is 3.55. The fourth-order valence-electron chi connectivity index (χ4n) is 4.46. The highest BCUT2D eigenvalue weighted by atomic mass is 16.5. The van der Waals surface area contributed by atoms with Gasteiger partial charge in [0.15, 0.2) is 5.96 Å². The molecule has 2 aromatic rings. The molecule has 5 nitrogen and oxygen atoms in total. The summed E-state index contributed by atoms with van der Waals surface area (Å²) in [6, 6.07) is 19.0. The van der Waals surface area contributed by atoms with E-state index in [0.29, 0.717) is 6.10 Å². The van der Waals surface area contributed by atoms with Crippen molar-refractivity contribution < 1.29 is 4.74 Å². The second-order valence-electron chi connectivity index (χ2n) is 8.24. The molecular weight excluding hydrogens is 372 g/mol. The summed E-state index contributed by atoms with van der Waals surface area (Å²) in [6.07, 6.45) is 4.66. The lowest BCUT2D eigenvalue weighted by Crippen LogP contribution is -2.48. The molecule has 1 saturated heterocycles. The average Bonchev–Trinajstić information content (AvgIpc) is 2.80. The minimum Gasteiger partial charge on any atom is -0.490 e. The lowest BCUT2D eigenvalue weighted by atomic mass is 10.00.